The van der Waals surface area contributed by atoms with E-state index in [9.17, 15) is 0 Å². The Morgan fingerprint density at radius 2 is 2.18 bits per heavy atom. The fourth-order valence-electron chi connectivity index (χ4n) is 1.68. The van der Waals surface area contributed by atoms with Gasteiger partial charge in [0.1, 0.15) is 0 Å². The monoisotopic (exact) mass is 238 g/mol. The van der Waals surface area contributed by atoms with Gasteiger partial charge in [-0.05, 0) is 19.8 Å². The molecule has 0 bridgehead atoms. The molecule has 1 aliphatic rings. The van der Waals surface area contributed by atoms with E-state index in [0.29, 0.717) is 18.4 Å². The number of nitrogens with zero attached hydrogens (tertiary/aromatic N) is 4. The normalized spacial score (nSPS) is 21.6. The van der Waals surface area contributed by atoms with Crippen LogP contribution >= 0.6 is 0 Å². The molecule has 96 valence electrons. The molecule has 1 unspecified atom stereocenters. The molecular weight excluding hydrogens is 216 g/mol. The largest absolute Gasteiger partial charge is 0.369 e. The first-order valence-electron chi connectivity index (χ1n) is 5.83. The van der Waals surface area contributed by atoms with E-state index < -0.39 is 0 Å². The summed E-state index contributed by atoms with van der Waals surface area (Å²) in [5.41, 5.74) is 12.5. The number of hydrogen-bond acceptors (Lipinski definition) is 2. The fraction of sp³-hybridized carbons (Fsp3) is 0.727. The average molecular weight is 238 g/mol. The van der Waals surface area contributed by atoms with Gasteiger partial charge in [0.2, 0.25) is 5.96 Å². The van der Waals surface area contributed by atoms with Gasteiger partial charge in [0.05, 0.1) is 0 Å². The third kappa shape index (κ3) is 4.42. The topological polar surface area (TPSA) is 92.4 Å². The van der Waals surface area contributed by atoms with Crippen molar-refractivity contribution in [2.75, 3.05) is 27.2 Å². The highest BCUT2D eigenvalue weighted by Gasteiger charge is 2.16. The Hall–Kier alpha value is -1.59. The van der Waals surface area contributed by atoms with Crippen LogP contribution < -0.4 is 11.5 Å². The van der Waals surface area contributed by atoms with Gasteiger partial charge in [-0.3, -0.25) is 9.98 Å². The van der Waals surface area contributed by atoms with Crippen LogP contribution in [0.15, 0.2) is 15.0 Å². The van der Waals surface area contributed by atoms with Gasteiger partial charge in [-0.2, -0.15) is 4.99 Å². The summed E-state index contributed by atoms with van der Waals surface area (Å²) in [6.45, 7) is 3.70. The van der Waals surface area contributed by atoms with Crippen molar-refractivity contribution in [2.24, 2.45) is 32.4 Å². The molecule has 0 aromatic carbocycles. The maximum absolute atomic E-state index is 5.66. The van der Waals surface area contributed by atoms with Crippen LogP contribution in [0.2, 0.25) is 0 Å². The van der Waals surface area contributed by atoms with E-state index in [4.69, 9.17) is 11.5 Å². The molecule has 6 heteroatoms. The number of hydrogen-bond donors (Lipinski definition) is 2. The summed E-state index contributed by atoms with van der Waals surface area (Å²) < 4.78 is 0. The highest BCUT2D eigenvalue weighted by atomic mass is 15.2. The van der Waals surface area contributed by atoms with Crippen molar-refractivity contribution in [3.05, 3.63) is 0 Å². The van der Waals surface area contributed by atoms with E-state index in [0.717, 1.165) is 19.4 Å². The van der Waals surface area contributed by atoms with Gasteiger partial charge in [-0.15, -0.1) is 0 Å². The average Bonchev–Trinajstić information content (AvgIpc) is 2.64. The zero-order valence-electron chi connectivity index (χ0n) is 10.8. The molecular formula is C11H22N6. The Balaban J connectivity index is 2.38. The fourth-order valence-corrected chi connectivity index (χ4v) is 1.68. The van der Waals surface area contributed by atoms with Gasteiger partial charge in [-0.1, -0.05) is 0 Å². The molecule has 0 aromatic heterocycles. The van der Waals surface area contributed by atoms with Gasteiger partial charge in [-0.25, -0.2) is 0 Å². The molecule has 0 saturated heterocycles. The molecule has 1 atom stereocenters. The van der Waals surface area contributed by atoms with Crippen LogP contribution in [-0.2, 0) is 0 Å². The van der Waals surface area contributed by atoms with Crippen molar-refractivity contribution in [1.82, 2.24) is 4.90 Å². The van der Waals surface area contributed by atoms with E-state index in [1.807, 2.05) is 14.1 Å². The lowest BCUT2D eigenvalue weighted by atomic mass is 10.00. The molecule has 1 rings (SSSR count). The second-order valence-electron chi connectivity index (χ2n) is 4.40. The van der Waals surface area contributed by atoms with Crippen molar-refractivity contribution >= 4 is 17.6 Å². The Bertz CT molecular complexity index is 342. The van der Waals surface area contributed by atoms with Crippen LogP contribution in [0.1, 0.15) is 19.8 Å². The predicted octanol–water partition coefficient (Wildman–Crippen LogP) is 0.0483. The minimum atomic E-state index is 0.240. The van der Waals surface area contributed by atoms with Gasteiger partial charge >= 0.3 is 0 Å². The van der Waals surface area contributed by atoms with Crippen LogP contribution in [0, 0.1) is 5.92 Å². The third-order valence-electron chi connectivity index (χ3n) is 2.87. The van der Waals surface area contributed by atoms with E-state index >= 15 is 0 Å². The molecule has 0 aromatic rings. The number of guanidine groups is 2. The van der Waals surface area contributed by atoms with E-state index in [1.165, 1.54) is 5.71 Å². The second kappa shape index (κ2) is 6.22. The smallest absolute Gasteiger partial charge is 0.218 e. The first-order chi connectivity index (χ1) is 8.00. The Kier molecular flexibility index (Phi) is 4.93. The maximum atomic E-state index is 5.66. The van der Waals surface area contributed by atoms with E-state index in [1.54, 1.807) is 4.90 Å². The summed E-state index contributed by atoms with van der Waals surface area (Å²) in [4.78, 5) is 14.2. The zero-order chi connectivity index (χ0) is 12.8. The van der Waals surface area contributed by atoms with Gasteiger partial charge in [0, 0.05) is 38.8 Å². The van der Waals surface area contributed by atoms with Crippen LogP contribution in [-0.4, -0.2) is 49.7 Å². The molecule has 0 radical (unpaired) electrons. The molecule has 1 aliphatic heterocycles. The molecule has 4 N–H and O–H groups in total. The van der Waals surface area contributed by atoms with E-state index in [-0.39, 0.29) is 5.96 Å². The SMILES string of the molecule is CC1=NCCC1CCN=C(N)N=C(N)N(C)C. The van der Waals surface area contributed by atoms with E-state index in [2.05, 4.69) is 21.9 Å². The lowest BCUT2D eigenvalue weighted by Crippen LogP contribution is -2.32. The first-order valence-corrected chi connectivity index (χ1v) is 5.83. The molecule has 0 spiro atoms. The van der Waals surface area contributed by atoms with Crippen molar-refractivity contribution in [3.63, 3.8) is 0 Å². The zero-order valence-corrected chi connectivity index (χ0v) is 10.8. The van der Waals surface area contributed by atoms with Crippen LogP contribution in [0.5, 0.6) is 0 Å². The predicted molar refractivity (Wildman–Crippen MR) is 72.5 cm³/mol. The third-order valence-corrected chi connectivity index (χ3v) is 2.87. The lowest BCUT2D eigenvalue weighted by molar-refractivity contribution is 0.614. The summed E-state index contributed by atoms with van der Waals surface area (Å²) >= 11 is 0. The van der Waals surface area contributed by atoms with Crippen LogP contribution in [0.25, 0.3) is 0 Å². The molecule has 0 aliphatic carbocycles. The van der Waals surface area contributed by atoms with Crippen molar-refractivity contribution in [1.29, 1.82) is 0 Å². The lowest BCUT2D eigenvalue weighted by Gasteiger charge is -2.10. The van der Waals surface area contributed by atoms with Gasteiger partial charge < -0.3 is 16.4 Å². The number of nitrogens with two attached hydrogens (primary N) is 2. The summed E-state index contributed by atoms with van der Waals surface area (Å²) in [6, 6.07) is 0. The standard InChI is InChI=1S/C11H22N6/c1-8-9(4-6-14-8)5-7-15-10(12)16-11(13)17(2)3/h9H,4-7H2,1-3H3,(H4,12,13,15,16). The summed E-state index contributed by atoms with van der Waals surface area (Å²) in [5, 5.41) is 0. The maximum Gasteiger partial charge on any atom is 0.218 e. The summed E-state index contributed by atoms with van der Waals surface area (Å²) in [6.07, 6.45) is 2.11. The minimum Gasteiger partial charge on any atom is -0.369 e. The molecule has 0 fully saturated rings. The van der Waals surface area contributed by atoms with Crippen molar-refractivity contribution in [2.45, 2.75) is 19.8 Å². The highest BCUT2D eigenvalue weighted by Crippen LogP contribution is 2.17. The molecule has 6 nitrogen and oxygen atoms in total. The Morgan fingerprint density at radius 1 is 1.47 bits per heavy atom. The van der Waals surface area contributed by atoms with Crippen LogP contribution in [0.3, 0.4) is 0 Å². The summed E-state index contributed by atoms with van der Waals surface area (Å²) in [5.74, 6) is 1.16. The number of aliphatic imine (C=N–C) groups is 3. The van der Waals surface area contributed by atoms with Gasteiger partial charge in [0.25, 0.3) is 0 Å². The molecule has 0 saturated carbocycles. The Morgan fingerprint density at radius 3 is 2.71 bits per heavy atom. The quantitative estimate of drug-likeness (QED) is 0.537. The molecule has 0 amide bonds. The first kappa shape index (κ1) is 13.5. The minimum absolute atomic E-state index is 0.240. The molecule has 17 heavy (non-hydrogen) atoms. The number of rotatable bonds is 3. The Labute approximate surface area is 103 Å². The van der Waals surface area contributed by atoms with Crippen molar-refractivity contribution < 1.29 is 0 Å². The van der Waals surface area contributed by atoms with Gasteiger partial charge in [0.15, 0.2) is 5.96 Å². The van der Waals surface area contributed by atoms with Crippen LogP contribution in [0.4, 0.5) is 0 Å². The van der Waals surface area contributed by atoms with Crippen molar-refractivity contribution in [3.8, 4) is 0 Å². The summed E-state index contributed by atoms with van der Waals surface area (Å²) in [7, 11) is 3.62. The molecule has 1 heterocycles. The highest BCUT2D eigenvalue weighted by molar-refractivity contribution is 5.93. The second-order valence-corrected chi connectivity index (χ2v) is 4.40.